The van der Waals surface area contributed by atoms with Crippen LogP contribution in [0.2, 0.25) is 0 Å². The van der Waals surface area contributed by atoms with Crippen molar-refractivity contribution in [1.82, 2.24) is 16.0 Å². The highest BCUT2D eigenvalue weighted by atomic mass is 16.4. The average molecular weight is 495 g/mol. The number of hydrogen-bond donors (Lipinski definition) is 7. The number of aliphatic carboxylic acids is 1. The number of aliphatic hydroxyl groups is 1. The van der Waals surface area contributed by atoms with Crippen molar-refractivity contribution in [3.63, 3.8) is 0 Å². The van der Waals surface area contributed by atoms with Crippen molar-refractivity contribution < 1.29 is 34.5 Å². The molecule has 35 heavy (non-hydrogen) atoms. The second-order valence-electron chi connectivity index (χ2n) is 9.12. The van der Waals surface area contributed by atoms with Crippen molar-refractivity contribution in [3.05, 3.63) is 29.8 Å². The first-order valence-corrected chi connectivity index (χ1v) is 11.7. The van der Waals surface area contributed by atoms with Crippen LogP contribution in [0.1, 0.15) is 46.1 Å². The van der Waals surface area contributed by atoms with Gasteiger partial charge in [0, 0.05) is 6.42 Å². The lowest BCUT2D eigenvalue weighted by Gasteiger charge is -2.25. The van der Waals surface area contributed by atoms with E-state index in [0.29, 0.717) is 12.0 Å². The lowest BCUT2D eigenvalue weighted by molar-refractivity contribution is -0.142. The van der Waals surface area contributed by atoms with Gasteiger partial charge in [0.05, 0.1) is 12.6 Å². The monoisotopic (exact) mass is 494 g/mol. The molecule has 0 heterocycles. The van der Waals surface area contributed by atoms with E-state index < -0.39 is 54.5 Å². The molecule has 1 aromatic rings. The van der Waals surface area contributed by atoms with E-state index in [1.54, 1.807) is 19.1 Å². The molecule has 1 rings (SSSR count). The molecule has 0 aliphatic rings. The van der Waals surface area contributed by atoms with Crippen molar-refractivity contribution in [2.75, 3.05) is 6.61 Å². The van der Waals surface area contributed by atoms with Crippen LogP contribution in [0.3, 0.4) is 0 Å². The molecule has 0 spiro atoms. The number of amides is 3. The smallest absolute Gasteiger partial charge is 0.326 e. The third kappa shape index (κ3) is 9.91. The Kier molecular flexibility index (Phi) is 12.2. The molecule has 11 nitrogen and oxygen atoms in total. The number of rotatable bonds is 14. The molecule has 3 amide bonds. The maximum absolute atomic E-state index is 13.0. The van der Waals surface area contributed by atoms with Crippen molar-refractivity contribution in [2.45, 2.75) is 71.1 Å². The highest BCUT2D eigenvalue weighted by molar-refractivity contribution is 5.94. The molecular formula is C24H38N4O7. The van der Waals surface area contributed by atoms with Crippen LogP contribution in [-0.2, 0) is 25.6 Å². The summed E-state index contributed by atoms with van der Waals surface area (Å²) in [5, 5.41) is 36.0. The fourth-order valence-electron chi connectivity index (χ4n) is 3.29. The van der Waals surface area contributed by atoms with Gasteiger partial charge in [-0.25, -0.2) is 4.79 Å². The first-order chi connectivity index (χ1) is 16.4. The van der Waals surface area contributed by atoms with Crippen molar-refractivity contribution in [1.29, 1.82) is 0 Å². The van der Waals surface area contributed by atoms with Crippen LogP contribution in [-0.4, -0.2) is 69.8 Å². The normalized spacial score (nSPS) is 15.4. The molecule has 0 aromatic heterocycles. The van der Waals surface area contributed by atoms with E-state index in [2.05, 4.69) is 16.0 Å². The number of phenolic OH excluding ortho intramolecular Hbond substituents is 1. The van der Waals surface area contributed by atoms with Crippen LogP contribution in [0, 0.1) is 11.8 Å². The molecular weight excluding hydrogens is 456 g/mol. The van der Waals surface area contributed by atoms with Gasteiger partial charge in [0.25, 0.3) is 0 Å². The third-order valence-corrected chi connectivity index (χ3v) is 5.71. The minimum absolute atomic E-state index is 0.00903. The molecule has 0 saturated carbocycles. The minimum atomic E-state index is -1.36. The molecule has 0 aliphatic carbocycles. The third-order valence-electron chi connectivity index (χ3n) is 5.71. The number of carboxylic acids is 1. The average Bonchev–Trinajstić information content (AvgIpc) is 2.81. The number of carboxylic acid groups (broad SMARTS) is 1. The number of benzene rings is 1. The summed E-state index contributed by atoms with van der Waals surface area (Å²) in [6.07, 6.45) is 0.800. The molecule has 5 unspecified atom stereocenters. The number of aromatic hydroxyl groups is 1. The van der Waals surface area contributed by atoms with Crippen molar-refractivity contribution in [3.8, 4) is 5.75 Å². The van der Waals surface area contributed by atoms with E-state index in [-0.39, 0.29) is 30.4 Å². The van der Waals surface area contributed by atoms with Gasteiger partial charge in [0.2, 0.25) is 17.7 Å². The zero-order chi connectivity index (χ0) is 26.7. The Morgan fingerprint density at radius 1 is 0.886 bits per heavy atom. The van der Waals surface area contributed by atoms with Crippen LogP contribution in [0.5, 0.6) is 5.75 Å². The molecule has 8 N–H and O–H groups in total. The SMILES string of the molecule is CCC(C)C(N)C(=O)NC(CO)C(=O)NC(Cc1ccc(O)cc1)C(=O)NC(CC(C)C)C(=O)O. The first-order valence-electron chi connectivity index (χ1n) is 11.7. The lowest BCUT2D eigenvalue weighted by atomic mass is 9.99. The summed E-state index contributed by atoms with van der Waals surface area (Å²) in [4.78, 5) is 49.9. The molecule has 1 aromatic carbocycles. The molecule has 5 atom stereocenters. The molecule has 196 valence electrons. The maximum atomic E-state index is 13.0. The Balaban J connectivity index is 3.07. The summed E-state index contributed by atoms with van der Waals surface area (Å²) in [6.45, 7) is 6.55. The molecule has 0 fully saturated rings. The number of hydrogen-bond acceptors (Lipinski definition) is 7. The highest BCUT2D eigenvalue weighted by Gasteiger charge is 2.31. The van der Waals surface area contributed by atoms with Gasteiger partial charge in [0.15, 0.2) is 0 Å². The highest BCUT2D eigenvalue weighted by Crippen LogP contribution is 2.13. The number of nitrogens with one attached hydrogen (secondary N) is 3. The van der Waals surface area contributed by atoms with E-state index in [4.69, 9.17) is 5.73 Å². The van der Waals surface area contributed by atoms with Crippen LogP contribution in [0.4, 0.5) is 0 Å². The van der Waals surface area contributed by atoms with E-state index in [1.807, 2.05) is 20.8 Å². The van der Waals surface area contributed by atoms with E-state index in [0.717, 1.165) is 0 Å². The Labute approximate surface area is 205 Å². The van der Waals surface area contributed by atoms with E-state index in [1.165, 1.54) is 12.1 Å². The molecule has 11 heteroatoms. The predicted octanol–water partition coefficient (Wildman–Crippen LogP) is -0.114. The minimum Gasteiger partial charge on any atom is -0.508 e. The maximum Gasteiger partial charge on any atom is 0.326 e. The van der Waals surface area contributed by atoms with Crippen LogP contribution in [0.15, 0.2) is 24.3 Å². The Morgan fingerprint density at radius 2 is 1.40 bits per heavy atom. The zero-order valence-electron chi connectivity index (χ0n) is 20.7. The summed E-state index contributed by atoms with van der Waals surface area (Å²) >= 11 is 0. The standard InChI is InChI=1S/C24H38N4O7/c1-5-14(4)20(25)23(33)28-19(12-29)22(32)26-17(11-15-6-8-16(30)9-7-15)21(31)27-18(24(34)35)10-13(2)3/h6-9,13-14,17-20,29-30H,5,10-12,25H2,1-4H3,(H,26,32)(H,27,31)(H,28,33)(H,34,35). The zero-order valence-corrected chi connectivity index (χ0v) is 20.7. The van der Waals surface area contributed by atoms with Gasteiger partial charge >= 0.3 is 5.97 Å². The topological polar surface area (TPSA) is 191 Å². The molecule has 0 radical (unpaired) electrons. The van der Waals surface area contributed by atoms with E-state index >= 15 is 0 Å². The summed E-state index contributed by atoms with van der Waals surface area (Å²) < 4.78 is 0. The second-order valence-corrected chi connectivity index (χ2v) is 9.12. The number of aliphatic hydroxyl groups excluding tert-OH is 1. The van der Waals surface area contributed by atoms with Gasteiger partial charge in [-0.2, -0.15) is 0 Å². The largest absolute Gasteiger partial charge is 0.508 e. The lowest BCUT2D eigenvalue weighted by Crippen LogP contribution is -2.59. The Hall–Kier alpha value is -3.18. The summed E-state index contributed by atoms with van der Waals surface area (Å²) in [6, 6.07) is 1.32. The number of phenols is 1. The van der Waals surface area contributed by atoms with Gasteiger partial charge in [0.1, 0.15) is 23.9 Å². The van der Waals surface area contributed by atoms with Gasteiger partial charge < -0.3 is 37.0 Å². The summed E-state index contributed by atoms with van der Waals surface area (Å²) in [5.74, 6) is -3.53. The predicted molar refractivity (Wildman–Crippen MR) is 129 cm³/mol. The second kappa shape index (κ2) is 14.3. The van der Waals surface area contributed by atoms with Gasteiger partial charge in [-0.1, -0.05) is 46.2 Å². The first kappa shape index (κ1) is 29.9. The van der Waals surface area contributed by atoms with Gasteiger partial charge in [-0.3, -0.25) is 14.4 Å². The van der Waals surface area contributed by atoms with Gasteiger partial charge in [-0.05, 0) is 36.0 Å². The summed E-state index contributed by atoms with van der Waals surface area (Å²) in [5.41, 5.74) is 6.48. The van der Waals surface area contributed by atoms with Crippen LogP contribution < -0.4 is 21.7 Å². The number of carbonyl (C=O) groups is 4. The van der Waals surface area contributed by atoms with E-state index in [9.17, 15) is 34.5 Å². The fourth-order valence-corrected chi connectivity index (χ4v) is 3.29. The Bertz CT molecular complexity index is 860. The quantitative estimate of drug-likeness (QED) is 0.186. The van der Waals surface area contributed by atoms with Crippen molar-refractivity contribution >= 4 is 23.7 Å². The number of nitrogens with two attached hydrogens (primary N) is 1. The van der Waals surface area contributed by atoms with Crippen molar-refractivity contribution in [2.24, 2.45) is 17.6 Å². The van der Waals surface area contributed by atoms with Crippen LogP contribution in [0.25, 0.3) is 0 Å². The van der Waals surface area contributed by atoms with Gasteiger partial charge in [-0.15, -0.1) is 0 Å². The van der Waals surface area contributed by atoms with Crippen LogP contribution >= 0.6 is 0 Å². The molecule has 0 aliphatic heterocycles. The molecule has 0 saturated heterocycles. The summed E-state index contributed by atoms with van der Waals surface area (Å²) in [7, 11) is 0. The fraction of sp³-hybridized carbons (Fsp3) is 0.583. The Morgan fingerprint density at radius 3 is 1.89 bits per heavy atom. The molecule has 0 bridgehead atoms. The number of carbonyl (C=O) groups excluding carboxylic acids is 3.